The number of amides is 2. The zero-order chi connectivity index (χ0) is 21.6. The Kier molecular flexibility index (Phi) is 7.50. The average molecular weight is 417 g/mol. The van der Waals surface area contributed by atoms with Gasteiger partial charge in [0.05, 0.1) is 0 Å². The first-order valence-corrected chi connectivity index (χ1v) is 9.24. The molecule has 0 fully saturated rings. The molecular formula is C21H21ClN2O5. The van der Waals surface area contributed by atoms with E-state index in [4.69, 9.17) is 16.3 Å². The third-order valence-electron chi connectivity index (χ3n) is 4.01. The number of carbonyl (C=O) groups excluding carboxylic acids is 4. The SMILES string of the molecule is CC(=O)c1cccc(NC(=O)[C@H](C)OC(=O)[C@H](C)NC(=O)c2ccc(Cl)cc2)c1. The molecule has 0 spiro atoms. The molecule has 0 aliphatic heterocycles. The van der Waals surface area contributed by atoms with Crippen LogP contribution in [0.2, 0.25) is 5.02 Å². The van der Waals surface area contributed by atoms with Crippen molar-refractivity contribution in [1.82, 2.24) is 5.32 Å². The van der Waals surface area contributed by atoms with Crippen molar-refractivity contribution in [2.75, 3.05) is 5.32 Å². The van der Waals surface area contributed by atoms with Gasteiger partial charge >= 0.3 is 5.97 Å². The fourth-order valence-electron chi connectivity index (χ4n) is 2.33. The lowest BCUT2D eigenvalue weighted by molar-refractivity contribution is -0.154. The van der Waals surface area contributed by atoms with E-state index in [1.165, 1.54) is 39.0 Å². The second kappa shape index (κ2) is 9.84. The highest BCUT2D eigenvalue weighted by Gasteiger charge is 2.23. The predicted molar refractivity (Wildman–Crippen MR) is 109 cm³/mol. The van der Waals surface area contributed by atoms with Gasteiger partial charge in [0, 0.05) is 21.8 Å². The molecule has 0 bridgehead atoms. The number of carbonyl (C=O) groups is 4. The van der Waals surface area contributed by atoms with Gasteiger partial charge in [-0.2, -0.15) is 0 Å². The second-order valence-electron chi connectivity index (χ2n) is 6.41. The van der Waals surface area contributed by atoms with E-state index >= 15 is 0 Å². The Hall–Kier alpha value is -3.19. The second-order valence-corrected chi connectivity index (χ2v) is 6.84. The summed E-state index contributed by atoms with van der Waals surface area (Å²) >= 11 is 5.78. The number of halogens is 1. The summed E-state index contributed by atoms with van der Waals surface area (Å²) in [5, 5.41) is 5.58. The fraction of sp³-hybridized carbons (Fsp3) is 0.238. The maximum Gasteiger partial charge on any atom is 0.329 e. The van der Waals surface area contributed by atoms with Crippen LogP contribution in [0, 0.1) is 0 Å². The van der Waals surface area contributed by atoms with Crippen molar-refractivity contribution in [3.05, 3.63) is 64.7 Å². The molecule has 8 heteroatoms. The van der Waals surface area contributed by atoms with Crippen molar-refractivity contribution in [2.24, 2.45) is 0 Å². The third kappa shape index (κ3) is 6.43. The lowest BCUT2D eigenvalue weighted by Gasteiger charge is -2.18. The van der Waals surface area contributed by atoms with Crippen molar-refractivity contribution < 1.29 is 23.9 Å². The molecule has 2 N–H and O–H groups in total. The number of rotatable bonds is 7. The maximum atomic E-state index is 12.3. The molecule has 7 nitrogen and oxygen atoms in total. The molecule has 0 saturated carbocycles. The first-order valence-electron chi connectivity index (χ1n) is 8.86. The van der Waals surface area contributed by atoms with Gasteiger partial charge in [-0.1, -0.05) is 23.7 Å². The minimum absolute atomic E-state index is 0.133. The largest absolute Gasteiger partial charge is 0.451 e. The molecule has 0 saturated heterocycles. The Morgan fingerprint density at radius 3 is 2.24 bits per heavy atom. The van der Waals surface area contributed by atoms with Gasteiger partial charge in [0.25, 0.3) is 11.8 Å². The fourth-order valence-corrected chi connectivity index (χ4v) is 2.46. The monoisotopic (exact) mass is 416 g/mol. The van der Waals surface area contributed by atoms with E-state index in [1.807, 2.05) is 0 Å². The Bertz CT molecular complexity index is 927. The van der Waals surface area contributed by atoms with Crippen LogP contribution in [-0.2, 0) is 14.3 Å². The quantitative estimate of drug-likeness (QED) is 0.533. The van der Waals surface area contributed by atoms with Gasteiger partial charge in [-0.15, -0.1) is 0 Å². The Morgan fingerprint density at radius 2 is 1.62 bits per heavy atom. The van der Waals surface area contributed by atoms with Gasteiger partial charge in [-0.05, 0) is 57.2 Å². The van der Waals surface area contributed by atoms with E-state index in [2.05, 4.69) is 10.6 Å². The molecule has 0 aromatic heterocycles. The molecule has 0 heterocycles. The van der Waals surface area contributed by atoms with Crippen LogP contribution in [0.15, 0.2) is 48.5 Å². The molecule has 2 atom stereocenters. The van der Waals surface area contributed by atoms with Gasteiger partial charge in [0.15, 0.2) is 11.9 Å². The van der Waals surface area contributed by atoms with E-state index in [0.717, 1.165) is 0 Å². The van der Waals surface area contributed by atoms with Gasteiger partial charge in [0.1, 0.15) is 6.04 Å². The van der Waals surface area contributed by atoms with Crippen LogP contribution < -0.4 is 10.6 Å². The van der Waals surface area contributed by atoms with Crippen molar-refractivity contribution >= 4 is 40.9 Å². The number of anilines is 1. The summed E-state index contributed by atoms with van der Waals surface area (Å²) in [5.74, 6) is -1.92. The van der Waals surface area contributed by atoms with Crippen molar-refractivity contribution in [2.45, 2.75) is 32.9 Å². The molecule has 0 aliphatic carbocycles. The molecule has 152 valence electrons. The Balaban J connectivity index is 1.90. The maximum absolute atomic E-state index is 12.3. The number of hydrogen-bond acceptors (Lipinski definition) is 5. The van der Waals surface area contributed by atoms with Crippen LogP contribution in [0.1, 0.15) is 41.5 Å². The first-order chi connectivity index (χ1) is 13.7. The summed E-state index contributed by atoms with van der Waals surface area (Å²) in [6, 6.07) is 11.6. The highest BCUT2D eigenvalue weighted by molar-refractivity contribution is 6.30. The van der Waals surface area contributed by atoms with Crippen LogP contribution in [0.3, 0.4) is 0 Å². The van der Waals surface area contributed by atoms with Gasteiger partial charge in [0.2, 0.25) is 0 Å². The van der Waals surface area contributed by atoms with E-state index in [9.17, 15) is 19.2 Å². The van der Waals surface area contributed by atoms with E-state index in [1.54, 1.807) is 30.3 Å². The van der Waals surface area contributed by atoms with Crippen molar-refractivity contribution in [1.29, 1.82) is 0 Å². The molecule has 2 amide bonds. The number of Topliss-reactive ketones (excluding diaryl/α,β-unsaturated/α-hetero) is 1. The smallest absolute Gasteiger partial charge is 0.329 e. The Labute approximate surface area is 173 Å². The lowest BCUT2D eigenvalue weighted by Crippen LogP contribution is -2.42. The van der Waals surface area contributed by atoms with E-state index in [0.29, 0.717) is 21.8 Å². The molecule has 0 unspecified atom stereocenters. The number of benzene rings is 2. The zero-order valence-corrected chi connectivity index (χ0v) is 16.9. The summed E-state index contributed by atoms with van der Waals surface area (Å²) in [6.45, 7) is 4.29. The number of hydrogen-bond donors (Lipinski definition) is 2. The van der Waals surface area contributed by atoms with Gasteiger partial charge in [-0.25, -0.2) is 4.79 Å². The topological polar surface area (TPSA) is 102 Å². The molecule has 2 aromatic rings. The third-order valence-corrected chi connectivity index (χ3v) is 4.26. The normalized spacial score (nSPS) is 12.4. The minimum Gasteiger partial charge on any atom is -0.451 e. The predicted octanol–water partition coefficient (Wildman–Crippen LogP) is 3.23. The Morgan fingerprint density at radius 1 is 0.966 bits per heavy atom. The molecular weight excluding hydrogens is 396 g/mol. The highest BCUT2D eigenvalue weighted by Crippen LogP contribution is 2.13. The number of ketones is 1. The summed E-state index contributed by atoms with van der Waals surface area (Å²) in [4.78, 5) is 48.0. The molecule has 0 aliphatic rings. The van der Waals surface area contributed by atoms with Crippen molar-refractivity contribution in [3.63, 3.8) is 0 Å². The van der Waals surface area contributed by atoms with Crippen LogP contribution in [0.5, 0.6) is 0 Å². The van der Waals surface area contributed by atoms with Crippen LogP contribution in [0.4, 0.5) is 5.69 Å². The highest BCUT2D eigenvalue weighted by atomic mass is 35.5. The number of esters is 1. The summed E-state index contributed by atoms with van der Waals surface area (Å²) < 4.78 is 5.13. The first kappa shape index (κ1) is 22.1. The summed E-state index contributed by atoms with van der Waals surface area (Å²) in [6.07, 6.45) is -1.10. The van der Waals surface area contributed by atoms with E-state index < -0.39 is 29.9 Å². The minimum atomic E-state index is -1.10. The molecule has 0 radical (unpaired) electrons. The zero-order valence-electron chi connectivity index (χ0n) is 16.2. The van der Waals surface area contributed by atoms with Crippen LogP contribution in [0.25, 0.3) is 0 Å². The molecule has 2 rings (SSSR count). The van der Waals surface area contributed by atoms with Gasteiger partial charge < -0.3 is 15.4 Å². The van der Waals surface area contributed by atoms with Crippen molar-refractivity contribution in [3.8, 4) is 0 Å². The average Bonchev–Trinajstić information content (AvgIpc) is 2.68. The molecule has 2 aromatic carbocycles. The lowest BCUT2D eigenvalue weighted by atomic mass is 10.1. The summed E-state index contributed by atoms with van der Waals surface area (Å²) in [5.41, 5.74) is 1.20. The van der Waals surface area contributed by atoms with Crippen LogP contribution >= 0.6 is 11.6 Å². The molecule has 29 heavy (non-hydrogen) atoms. The standard InChI is InChI=1S/C21H21ClN2O5/c1-12(23-20(27)15-7-9-17(22)10-8-15)21(28)29-14(3)19(26)24-18-6-4-5-16(11-18)13(2)25/h4-12,14H,1-3H3,(H,23,27)(H,24,26)/t12-,14-/m0/s1. The summed E-state index contributed by atoms with van der Waals surface area (Å²) in [7, 11) is 0. The number of ether oxygens (including phenoxy) is 1. The number of nitrogens with one attached hydrogen (secondary N) is 2. The van der Waals surface area contributed by atoms with Crippen LogP contribution in [-0.4, -0.2) is 35.7 Å². The van der Waals surface area contributed by atoms with E-state index in [-0.39, 0.29) is 5.78 Å². The van der Waals surface area contributed by atoms with Gasteiger partial charge in [-0.3, -0.25) is 14.4 Å².